The number of halogens is 2. The lowest BCUT2D eigenvalue weighted by molar-refractivity contribution is 0.269. The Morgan fingerprint density at radius 2 is 1.74 bits per heavy atom. The van der Waals surface area contributed by atoms with Crippen molar-refractivity contribution in [3.8, 4) is 11.1 Å². The average molecular weight is 368 g/mol. The zero-order chi connectivity index (χ0) is 19.6. The molecule has 0 aliphatic carbocycles. The van der Waals surface area contributed by atoms with Crippen LogP contribution in [0.5, 0.6) is 0 Å². The van der Waals surface area contributed by atoms with E-state index in [1.54, 1.807) is 0 Å². The van der Waals surface area contributed by atoms with Crippen LogP contribution in [0.2, 0.25) is 0 Å². The van der Waals surface area contributed by atoms with Crippen LogP contribution in [0.25, 0.3) is 11.1 Å². The summed E-state index contributed by atoms with van der Waals surface area (Å²) in [6.07, 6.45) is 2.78. The summed E-state index contributed by atoms with van der Waals surface area (Å²) in [7, 11) is 0. The molecule has 1 heterocycles. The van der Waals surface area contributed by atoms with Crippen molar-refractivity contribution < 1.29 is 8.78 Å². The molecule has 0 aliphatic heterocycles. The van der Waals surface area contributed by atoms with Gasteiger partial charge in [-0.1, -0.05) is 51.1 Å². The van der Waals surface area contributed by atoms with Gasteiger partial charge in [-0.05, 0) is 41.7 Å². The van der Waals surface area contributed by atoms with Gasteiger partial charge in [0, 0.05) is 29.6 Å². The molecule has 2 N–H and O–H groups in total. The second-order valence-corrected chi connectivity index (χ2v) is 7.71. The Bertz CT molecular complexity index is 913. The predicted octanol–water partition coefficient (Wildman–Crippen LogP) is 5.92. The molecule has 0 amide bonds. The first-order valence-electron chi connectivity index (χ1n) is 9.27. The Morgan fingerprint density at radius 1 is 1.04 bits per heavy atom. The van der Waals surface area contributed by atoms with Crippen molar-refractivity contribution >= 4 is 0 Å². The quantitative estimate of drug-likeness (QED) is 0.575. The minimum Gasteiger partial charge on any atom is -0.345 e. The van der Waals surface area contributed by atoms with E-state index in [1.807, 2.05) is 42.6 Å². The van der Waals surface area contributed by atoms with Crippen molar-refractivity contribution in [2.75, 3.05) is 0 Å². The molecule has 0 bridgehead atoms. The van der Waals surface area contributed by atoms with Gasteiger partial charge in [-0.15, -0.1) is 0 Å². The summed E-state index contributed by atoms with van der Waals surface area (Å²) in [6.45, 7) is 6.98. The van der Waals surface area contributed by atoms with Crippen molar-refractivity contribution in [3.05, 3.63) is 83.7 Å². The summed E-state index contributed by atoms with van der Waals surface area (Å²) in [6, 6.07) is 15.2. The van der Waals surface area contributed by atoms with Gasteiger partial charge in [-0.25, -0.2) is 8.78 Å². The first-order chi connectivity index (χ1) is 12.8. The van der Waals surface area contributed by atoms with Crippen molar-refractivity contribution in [2.24, 2.45) is 11.1 Å². The van der Waals surface area contributed by atoms with Crippen LogP contribution in [0.3, 0.4) is 0 Å². The lowest BCUT2D eigenvalue weighted by atomic mass is 9.80. The van der Waals surface area contributed by atoms with Gasteiger partial charge in [0.15, 0.2) is 0 Å². The van der Waals surface area contributed by atoms with E-state index in [1.165, 1.54) is 6.07 Å². The molecule has 142 valence electrons. The number of rotatable bonds is 6. The van der Waals surface area contributed by atoms with E-state index in [9.17, 15) is 8.78 Å². The van der Waals surface area contributed by atoms with E-state index >= 15 is 0 Å². The summed E-state index contributed by atoms with van der Waals surface area (Å²) in [5.41, 5.74) is 9.43. The monoisotopic (exact) mass is 368 g/mol. The molecule has 4 heteroatoms. The molecule has 3 rings (SSSR count). The average Bonchev–Trinajstić information content (AvgIpc) is 3.07. The molecule has 0 saturated carbocycles. The van der Waals surface area contributed by atoms with Crippen molar-refractivity contribution in [1.82, 2.24) is 4.57 Å². The molecule has 0 fully saturated rings. The topological polar surface area (TPSA) is 30.9 Å². The van der Waals surface area contributed by atoms with E-state index in [0.29, 0.717) is 12.1 Å². The highest BCUT2D eigenvalue weighted by molar-refractivity contribution is 5.65. The standard InChI is InChI=1S/C23H26F2N2/c1-4-23(2,3)22(26)21-12-17(19-13-18(24)10-11-20(19)25)15-27(21)14-16-8-6-5-7-9-16/h5-13,15,22H,4,14,26H2,1-3H3/t22-/m0/s1. The highest BCUT2D eigenvalue weighted by Crippen LogP contribution is 2.37. The molecule has 0 aliphatic rings. The van der Waals surface area contributed by atoms with Crippen molar-refractivity contribution in [1.29, 1.82) is 0 Å². The molecule has 0 spiro atoms. The van der Waals surface area contributed by atoms with Crippen LogP contribution < -0.4 is 5.73 Å². The minimum absolute atomic E-state index is 0.120. The fourth-order valence-corrected chi connectivity index (χ4v) is 3.19. The molecule has 0 saturated heterocycles. The van der Waals surface area contributed by atoms with Crippen LogP contribution in [-0.4, -0.2) is 4.57 Å². The first kappa shape index (κ1) is 19.3. The zero-order valence-electron chi connectivity index (χ0n) is 16.0. The van der Waals surface area contributed by atoms with E-state index in [0.717, 1.165) is 29.8 Å². The summed E-state index contributed by atoms with van der Waals surface area (Å²) < 4.78 is 30.1. The number of aromatic nitrogens is 1. The van der Waals surface area contributed by atoms with Crippen LogP contribution in [0, 0.1) is 17.0 Å². The maximum Gasteiger partial charge on any atom is 0.131 e. The lowest BCUT2D eigenvalue weighted by Gasteiger charge is -2.31. The molecule has 1 atom stereocenters. The molecular formula is C23H26F2N2. The SMILES string of the molecule is CCC(C)(C)[C@@H](N)c1cc(-c2cc(F)ccc2F)cn1Cc1ccccc1. The van der Waals surface area contributed by atoms with Crippen LogP contribution in [0.15, 0.2) is 60.8 Å². The summed E-state index contributed by atoms with van der Waals surface area (Å²) in [4.78, 5) is 0. The highest BCUT2D eigenvalue weighted by Gasteiger charge is 2.29. The van der Waals surface area contributed by atoms with E-state index in [2.05, 4.69) is 25.3 Å². The van der Waals surface area contributed by atoms with Gasteiger partial charge in [0.05, 0.1) is 6.04 Å². The number of nitrogens with zero attached hydrogens (tertiary/aromatic N) is 1. The number of hydrogen-bond donors (Lipinski definition) is 1. The highest BCUT2D eigenvalue weighted by atomic mass is 19.1. The van der Waals surface area contributed by atoms with Gasteiger partial charge < -0.3 is 10.3 Å². The van der Waals surface area contributed by atoms with Gasteiger partial charge >= 0.3 is 0 Å². The van der Waals surface area contributed by atoms with Gasteiger partial charge in [0.1, 0.15) is 11.6 Å². The Morgan fingerprint density at radius 3 is 2.41 bits per heavy atom. The van der Waals surface area contributed by atoms with Gasteiger partial charge in [0.25, 0.3) is 0 Å². The summed E-state index contributed by atoms with van der Waals surface area (Å²) in [5, 5.41) is 0. The van der Waals surface area contributed by atoms with Crippen LogP contribution in [-0.2, 0) is 6.54 Å². The Balaban J connectivity index is 2.09. The van der Waals surface area contributed by atoms with Gasteiger partial charge in [-0.3, -0.25) is 0 Å². The fourth-order valence-electron chi connectivity index (χ4n) is 3.19. The smallest absolute Gasteiger partial charge is 0.131 e. The Labute approximate surface area is 159 Å². The second-order valence-electron chi connectivity index (χ2n) is 7.71. The number of benzene rings is 2. The van der Waals surface area contributed by atoms with Gasteiger partial charge in [0.2, 0.25) is 0 Å². The molecular weight excluding hydrogens is 342 g/mol. The molecule has 1 aromatic heterocycles. The Kier molecular flexibility index (Phi) is 5.47. The first-order valence-corrected chi connectivity index (χ1v) is 9.27. The van der Waals surface area contributed by atoms with Gasteiger partial charge in [-0.2, -0.15) is 0 Å². The minimum atomic E-state index is -0.457. The number of nitrogens with two attached hydrogens (primary N) is 1. The maximum atomic E-state index is 14.3. The molecule has 0 radical (unpaired) electrons. The van der Waals surface area contributed by atoms with Crippen LogP contribution in [0.1, 0.15) is 44.5 Å². The largest absolute Gasteiger partial charge is 0.345 e. The third-order valence-corrected chi connectivity index (χ3v) is 5.44. The van der Waals surface area contributed by atoms with E-state index in [-0.39, 0.29) is 17.0 Å². The van der Waals surface area contributed by atoms with E-state index in [4.69, 9.17) is 5.73 Å². The molecule has 2 aromatic carbocycles. The molecule has 3 aromatic rings. The second kappa shape index (κ2) is 7.65. The van der Waals surface area contributed by atoms with Crippen molar-refractivity contribution in [2.45, 2.75) is 39.8 Å². The fraction of sp³-hybridized carbons (Fsp3) is 0.304. The lowest BCUT2D eigenvalue weighted by Crippen LogP contribution is -2.30. The normalized spacial score (nSPS) is 13.0. The Hall–Kier alpha value is -2.46. The summed E-state index contributed by atoms with van der Waals surface area (Å²) >= 11 is 0. The maximum absolute atomic E-state index is 14.3. The third kappa shape index (κ3) is 4.11. The molecule has 27 heavy (non-hydrogen) atoms. The van der Waals surface area contributed by atoms with E-state index < -0.39 is 11.6 Å². The molecule has 0 unspecified atom stereocenters. The summed E-state index contributed by atoms with van der Waals surface area (Å²) in [5.74, 6) is -0.898. The van der Waals surface area contributed by atoms with Crippen molar-refractivity contribution in [3.63, 3.8) is 0 Å². The predicted molar refractivity (Wildman–Crippen MR) is 106 cm³/mol. The third-order valence-electron chi connectivity index (χ3n) is 5.44. The van der Waals surface area contributed by atoms with Crippen LogP contribution in [0.4, 0.5) is 8.78 Å². The molecule has 2 nitrogen and oxygen atoms in total. The van der Waals surface area contributed by atoms with Crippen LogP contribution >= 0.6 is 0 Å². The number of hydrogen-bond acceptors (Lipinski definition) is 1. The zero-order valence-corrected chi connectivity index (χ0v) is 16.0.